The van der Waals surface area contributed by atoms with E-state index in [0.29, 0.717) is 17.1 Å². The summed E-state index contributed by atoms with van der Waals surface area (Å²) in [6.45, 7) is 0.661. The molecule has 21 heavy (non-hydrogen) atoms. The summed E-state index contributed by atoms with van der Waals surface area (Å²) in [5, 5.41) is 3.19. The number of benzene rings is 2. The third-order valence-electron chi connectivity index (χ3n) is 3.16. The van der Waals surface area contributed by atoms with Crippen LogP contribution in [0.2, 0.25) is 0 Å². The van der Waals surface area contributed by atoms with E-state index < -0.39 is 9.84 Å². The maximum Gasteiger partial charge on any atom is 0.177 e. The molecule has 0 saturated carbocycles. The molecule has 0 fully saturated rings. The molecule has 5 heteroatoms. The average Bonchev–Trinajstić information content (AvgIpc) is 2.45. The molecule has 0 aliphatic heterocycles. The van der Waals surface area contributed by atoms with Gasteiger partial charge in [0.25, 0.3) is 0 Å². The number of nitrogens with one attached hydrogen (secondary N) is 1. The minimum atomic E-state index is -3.26. The SMILES string of the molecule is CS(=O)(=O)c1ccccc1Nc1cccc(CCCN)c1. The van der Waals surface area contributed by atoms with Gasteiger partial charge in [0.05, 0.1) is 10.6 Å². The molecule has 2 aromatic rings. The number of para-hydroxylation sites is 1. The zero-order chi connectivity index (χ0) is 15.3. The number of hydrogen-bond acceptors (Lipinski definition) is 4. The van der Waals surface area contributed by atoms with Gasteiger partial charge >= 0.3 is 0 Å². The van der Waals surface area contributed by atoms with E-state index in [2.05, 4.69) is 5.32 Å². The zero-order valence-corrected chi connectivity index (χ0v) is 12.9. The van der Waals surface area contributed by atoms with Crippen LogP contribution in [-0.2, 0) is 16.3 Å². The van der Waals surface area contributed by atoms with Crippen LogP contribution in [0.5, 0.6) is 0 Å². The zero-order valence-electron chi connectivity index (χ0n) is 12.0. The third kappa shape index (κ3) is 4.31. The molecule has 0 atom stereocenters. The van der Waals surface area contributed by atoms with Crippen molar-refractivity contribution in [2.24, 2.45) is 5.73 Å². The van der Waals surface area contributed by atoms with Crippen LogP contribution in [0.1, 0.15) is 12.0 Å². The highest BCUT2D eigenvalue weighted by Crippen LogP contribution is 2.25. The highest BCUT2D eigenvalue weighted by Gasteiger charge is 2.12. The molecule has 2 rings (SSSR count). The molecule has 0 aliphatic carbocycles. The van der Waals surface area contributed by atoms with Crippen molar-refractivity contribution < 1.29 is 8.42 Å². The first-order valence-electron chi connectivity index (χ1n) is 6.86. The molecular formula is C16H20N2O2S. The summed E-state index contributed by atoms with van der Waals surface area (Å²) in [7, 11) is -3.26. The predicted octanol–water partition coefficient (Wildman–Crippen LogP) is 2.73. The van der Waals surface area contributed by atoms with Gasteiger partial charge in [0.2, 0.25) is 0 Å². The molecule has 112 valence electrons. The summed E-state index contributed by atoms with van der Waals surface area (Å²) >= 11 is 0. The molecule has 0 spiro atoms. The van der Waals surface area contributed by atoms with Crippen molar-refractivity contribution in [2.45, 2.75) is 17.7 Å². The Morgan fingerprint density at radius 3 is 2.57 bits per heavy atom. The van der Waals surface area contributed by atoms with Gasteiger partial charge in [0, 0.05) is 11.9 Å². The molecule has 0 aliphatic rings. The van der Waals surface area contributed by atoms with E-state index in [1.807, 2.05) is 30.3 Å². The van der Waals surface area contributed by atoms with Crippen LogP contribution in [0.25, 0.3) is 0 Å². The largest absolute Gasteiger partial charge is 0.354 e. The fourth-order valence-corrected chi connectivity index (χ4v) is 3.00. The first-order valence-corrected chi connectivity index (χ1v) is 8.75. The van der Waals surface area contributed by atoms with Crippen LogP contribution in [0.4, 0.5) is 11.4 Å². The summed E-state index contributed by atoms with van der Waals surface area (Å²) in [5.74, 6) is 0. The van der Waals surface area contributed by atoms with Crippen molar-refractivity contribution in [2.75, 3.05) is 18.1 Å². The molecule has 3 N–H and O–H groups in total. The van der Waals surface area contributed by atoms with Gasteiger partial charge in [0.1, 0.15) is 0 Å². The van der Waals surface area contributed by atoms with Crippen LogP contribution in [-0.4, -0.2) is 21.2 Å². The highest BCUT2D eigenvalue weighted by molar-refractivity contribution is 7.90. The lowest BCUT2D eigenvalue weighted by Gasteiger charge is -2.12. The van der Waals surface area contributed by atoms with Crippen molar-refractivity contribution in [3.8, 4) is 0 Å². The van der Waals surface area contributed by atoms with E-state index in [-0.39, 0.29) is 0 Å². The monoisotopic (exact) mass is 304 g/mol. The average molecular weight is 304 g/mol. The third-order valence-corrected chi connectivity index (χ3v) is 4.32. The van der Waals surface area contributed by atoms with Crippen molar-refractivity contribution in [3.63, 3.8) is 0 Å². The Bertz CT molecular complexity index is 712. The number of anilines is 2. The van der Waals surface area contributed by atoms with Crippen molar-refractivity contribution in [1.29, 1.82) is 0 Å². The summed E-state index contributed by atoms with van der Waals surface area (Å²) in [6, 6.07) is 14.9. The van der Waals surface area contributed by atoms with E-state index in [1.54, 1.807) is 18.2 Å². The Labute approximate surface area is 125 Å². The van der Waals surface area contributed by atoms with Crippen LogP contribution >= 0.6 is 0 Å². The molecule has 2 aromatic carbocycles. The van der Waals surface area contributed by atoms with Gasteiger partial charge in [-0.2, -0.15) is 0 Å². The molecule has 0 aromatic heterocycles. The maximum atomic E-state index is 11.8. The van der Waals surface area contributed by atoms with E-state index in [0.717, 1.165) is 18.5 Å². The van der Waals surface area contributed by atoms with Crippen molar-refractivity contribution >= 4 is 21.2 Å². The fourth-order valence-electron chi connectivity index (χ4n) is 2.16. The minimum absolute atomic E-state index is 0.303. The maximum absolute atomic E-state index is 11.8. The summed E-state index contributed by atoms with van der Waals surface area (Å²) in [6.07, 6.45) is 3.06. The van der Waals surface area contributed by atoms with Gasteiger partial charge in [0.15, 0.2) is 9.84 Å². The second-order valence-electron chi connectivity index (χ2n) is 4.99. The molecule has 4 nitrogen and oxygen atoms in total. The lowest BCUT2D eigenvalue weighted by Crippen LogP contribution is -2.03. The van der Waals surface area contributed by atoms with Crippen molar-refractivity contribution in [3.05, 3.63) is 54.1 Å². The first kappa shape index (κ1) is 15.5. The number of hydrogen-bond donors (Lipinski definition) is 2. The second-order valence-corrected chi connectivity index (χ2v) is 6.97. The van der Waals surface area contributed by atoms with E-state index in [9.17, 15) is 8.42 Å². The Hall–Kier alpha value is -1.85. The summed E-state index contributed by atoms with van der Waals surface area (Å²) in [5.41, 5.74) is 8.18. The van der Waals surface area contributed by atoms with Gasteiger partial charge in [-0.1, -0.05) is 24.3 Å². The molecule has 0 radical (unpaired) electrons. The van der Waals surface area contributed by atoms with E-state index >= 15 is 0 Å². The van der Waals surface area contributed by atoms with Crippen LogP contribution in [0, 0.1) is 0 Å². The van der Waals surface area contributed by atoms with Gasteiger partial charge in [-0.15, -0.1) is 0 Å². The summed E-state index contributed by atoms with van der Waals surface area (Å²) in [4.78, 5) is 0.303. The van der Waals surface area contributed by atoms with E-state index in [4.69, 9.17) is 5.73 Å². The minimum Gasteiger partial charge on any atom is -0.354 e. The second kappa shape index (κ2) is 6.74. The van der Waals surface area contributed by atoms with Gasteiger partial charge in [-0.05, 0) is 49.2 Å². The van der Waals surface area contributed by atoms with Crippen LogP contribution in [0.3, 0.4) is 0 Å². The molecular weight excluding hydrogens is 284 g/mol. The Kier molecular flexibility index (Phi) is 4.98. The lowest BCUT2D eigenvalue weighted by atomic mass is 10.1. The molecule has 0 saturated heterocycles. The highest BCUT2D eigenvalue weighted by atomic mass is 32.2. The predicted molar refractivity (Wildman–Crippen MR) is 86.7 cm³/mol. The number of sulfone groups is 1. The Morgan fingerprint density at radius 1 is 1.10 bits per heavy atom. The molecule has 0 unspecified atom stereocenters. The van der Waals surface area contributed by atoms with Crippen molar-refractivity contribution in [1.82, 2.24) is 0 Å². The number of aryl methyl sites for hydroxylation is 1. The number of nitrogens with two attached hydrogens (primary N) is 1. The molecule has 0 heterocycles. The Morgan fingerprint density at radius 2 is 1.86 bits per heavy atom. The first-order chi connectivity index (χ1) is 10.0. The van der Waals surface area contributed by atoms with Crippen LogP contribution < -0.4 is 11.1 Å². The molecule has 0 bridgehead atoms. The topological polar surface area (TPSA) is 72.2 Å². The normalized spacial score (nSPS) is 11.3. The smallest absolute Gasteiger partial charge is 0.177 e. The van der Waals surface area contributed by atoms with E-state index in [1.165, 1.54) is 11.8 Å². The Balaban J connectivity index is 2.27. The fraction of sp³-hybridized carbons (Fsp3) is 0.250. The van der Waals surface area contributed by atoms with Gasteiger partial charge in [-0.3, -0.25) is 0 Å². The quantitative estimate of drug-likeness (QED) is 0.860. The lowest BCUT2D eigenvalue weighted by molar-refractivity contribution is 0.602. The summed E-state index contributed by atoms with van der Waals surface area (Å²) < 4.78 is 23.6. The number of rotatable bonds is 6. The van der Waals surface area contributed by atoms with Gasteiger partial charge in [-0.25, -0.2) is 8.42 Å². The molecule has 0 amide bonds. The van der Waals surface area contributed by atoms with Crippen LogP contribution in [0.15, 0.2) is 53.4 Å². The standard InChI is InChI=1S/C16H20N2O2S/c1-21(19,20)16-10-3-2-9-15(16)18-14-8-4-6-13(12-14)7-5-11-17/h2-4,6,8-10,12,18H,5,7,11,17H2,1H3. The van der Waals surface area contributed by atoms with Gasteiger partial charge < -0.3 is 11.1 Å².